The zero-order chi connectivity index (χ0) is 13.3. The van der Waals surface area contributed by atoms with E-state index < -0.39 is 0 Å². The average Bonchev–Trinajstić information content (AvgIpc) is 2.30. The Labute approximate surface area is 118 Å². The van der Waals surface area contributed by atoms with E-state index in [-0.39, 0.29) is 5.82 Å². The molecule has 0 saturated heterocycles. The Hall–Kier alpha value is -1.26. The molecule has 0 unspecified atom stereocenters. The molecule has 0 amide bonds. The molecule has 0 fully saturated rings. The van der Waals surface area contributed by atoms with Gasteiger partial charge in [0.2, 0.25) is 0 Å². The number of halogens is 3. The van der Waals surface area contributed by atoms with Gasteiger partial charge in [-0.1, -0.05) is 17.7 Å². The molecular weight excluding hydrogens is 319 g/mol. The Kier molecular flexibility index (Phi) is 3.78. The summed E-state index contributed by atoms with van der Waals surface area (Å²) >= 11 is 9.20. The van der Waals surface area contributed by atoms with Crippen LogP contribution < -0.4 is 11.1 Å². The highest BCUT2D eigenvalue weighted by atomic mass is 79.9. The third-order valence-corrected chi connectivity index (χ3v) is 3.50. The molecule has 0 heterocycles. The van der Waals surface area contributed by atoms with Crippen molar-refractivity contribution in [3.05, 3.63) is 51.2 Å². The fourth-order valence-electron chi connectivity index (χ4n) is 1.59. The molecule has 0 aliphatic carbocycles. The van der Waals surface area contributed by atoms with Gasteiger partial charge in [0.1, 0.15) is 5.82 Å². The third kappa shape index (κ3) is 2.60. The van der Waals surface area contributed by atoms with Gasteiger partial charge in [-0.15, -0.1) is 0 Å². The summed E-state index contributed by atoms with van der Waals surface area (Å²) in [7, 11) is 0. The fourth-order valence-corrected chi connectivity index (χ4v) is 2.28. The number of aryl methyl sites for hydroxylation is 1. The monoisotopic (exact) mass is 328 g/mol. The lowest BCUT2D eigenvalue weighted by Gasteiger charge is -2.13. The van der Waals surface area contributed by atoms with Crippen LogP contribution in [-0.4, -0.2) is 0 Å². The molecule has 0 atom stereocenters. The summed E-state index contributed by atoms with van der Waals surface area (Å²) in [6, 6.07) is 8.33. The van der Waals surface area contributed by atoms with Crippen LogP contribution in [0.25, 0.3) is 0 Å². The van der Waals surface area contributed by atoms with E-state index in [2.05, 4.69) is 21.2 Å². The van der Waals surface area contributed by atoms with Crippen molar-refractivity contribution < 1.29 is 4.39 Å². The van der Waals surface area contributed by atoms with E-state index in [1.165, 1.54) is 6.07 Å². The van der Waals surface area contributed by atoms with Crippen molar-refractivity contribution >= 4 is 44.6 Å². The van der Waals surface area contributed by atoms with Crippen LogP contribution in [0.3, 0.4) is 0 Å². The van der Waals surface area contributed by atoms with E-state index in [1.54, 1.807) is 24.3 Å². The summed E-state index contributed by atoms with van der Waals surface area (Å²) in [5.41, 5.74) is 8.47. The van der Waals surface area contributed by atoms with Crippen molar-refractivity contribution in [3.63, 3.8) is 0 Å². The number of anilines is 3. The second kappa shape index (κ2) is 5.16. The molecule has 2 aromatic rings. The lowest BCUT2D eigenvalue weighted by Crippen LogP contribution is -1.99. The summed E-state index contributed by atoms with van der Waals surface area (Å²) in [5.74, 6) is -0.339. The highest BCUT2D eigenvalue weighted by molar-refractivity contribution is 9.10. The number of nitrogens with one attached hydrogen (secondary N) is 1. The van der Waals surface area contributed by atoms with Crippen LogP contribution in [0, 0.1) is 12.7 Å². The van der Waals surface area contributed by atoms with E-state index in [0.29, 0.717) is 26.6 Å². The first kappa shape index (κ1) is 13.2. The largest absolute Gasteiger partial charge is 0.397 e. The van der Waals surface area contributed by atoms with E-state index in [1.807, 2.05) is 6.92 Å². The molecule has 2 aromatic carbocycles. The second-order valence-corrected chi connectivity index (χ2v) is 5.17. The first-order valence-corrected chi connectivity index (χ1v) is 6.43. The van der Waals surface area contributed by atoms with Crippen molar-refractivity contribution in [2.45, 2.75) is 6.92 Å². The van der Waals surface area contributed by atoms with Crippen LogP contribution >= 0.6 is 27.5 Å². The number of nitrogen functional groups attached to an aromatic ring is 1. The molecule has 3 N–H and O–H groups in total. The van der Waals surface area contributed by atoms with Gasteiger partial charge < -0.3 is 11.1 Å². The minimum atomic E-state index is -0.339. The summed E-state index contributed by atoms with van der Waals surface area (Å²) < 4.78 is 13.9. The molecule has 2 rings (SSSR count). The molecular formula is C13H11BrClFN2. The van der Waals surface area contributed by atoms with Crippen LogP contribution in [0.4, 0.5) is 21.5 Å². The number of para-hydroxylation sites is 1. The molecule has 0 bridgehead atoms. The van der Waals surface area contributed by atoms with Gasteiger partial charge in [-0.25, -0.2) is 4.39 Å². The predicted molar refractivity (Wildman–Crippen MR) is 78.0 cm³/mol. The first-order valence-electron chi connectivity index (χ1n) is 5.25. The van der Waals surface area contributed by atoms with Gasteiger partial charge in [-0.05, 0) is 52.7 Å². The SMILES string of the molecule is Cc1cc(Br)c(F)cc1Nc1c(N)cccc1Cl. The van der Waals surface area contributed by atoms with E-state index in [0.717, 1.165) is 5.56 Å². The summed E-state index contributed by atoms with van der Waals surface area (Å²) in [5, 5.41) is 3.56. The zero-order valence-corrected chi connectivity index (χ0v) is 11.9. The maximum Gasteiger partial charge on any atom is 0.139 e. The van der Waals surface area contributed by atoms with Crippen LogP contribution in [0.5, 0.6) is 0 Å². The van der Waals surface area contributed by atoms with Crippen molar-refractivity contribution in [1.29, 1.82) is 0 Å². The number of benzene rings is 2. The topological polar surface area (TPSA) is 38.0 Å². The maximum absolute atomic E-state index is 13.5. The Morgan fingerprint density at radius 1 is 1.33 bits per heavy atom. The Morgan fingerprint density at radius 3 is 2.72 bits per heavy atom. The normalized spacial score (nSPS) is 10.4. The lowest BCUT2D eigenvalue weighted by atomic mass is 10.2. The minimum Gasteiger partial charge on any atom is -0.397 e. The van der Waals surface area contributed by atoms with Crippen LogP contribution in [0.15, 0.2) is 34.8 Å². The van der Waals surface area contributed by atoms with Crippen LogP contribution in [-0.2, 0) is 0 Å². The fraction of sp³-hybridized carbons (Fsp3) is 0.0769. The van der Waals surface area contributed by atoms with E-state index in [4.69, 9.17) is 17.3 Å². The summed E-state index contributed by atoms with van der Waals surface area (Å²) in [6.07, 6.45) is 0. The van der Waals surface area contributed by atoms with Gasteiger partial charge >= 0.3 is 0 Å². The summed E-state index contributed by atoms with van der Waals surface area (Å²) in [4.78, 5) is 0. The number of rotatable bonds is 2. The highest BCUT2D eigenvalue weighted by Gasteiger charge is 2.09. The van der Waals surface area contributed by atoms with Gasteiger partial charge in [0.25, 0.3) is 0 Å². The van der Waals surface area contributed by atoms with Gasteiger partial charge in [-0.3, -0.25) is 0 Å². The van der Waals surface area contributed by atoms with Gasteiger partial charge in [0.05, 0.1) is 20.9 Å². The van der Waals surface area contributed by atoms with Crippen molar-refractivity contribution in [2.75, 3.05) is 11.1 Å². The van der Waals surface area contributed by atoms with Crippen molar-refractivity contribution in [1.82, 2.24) is 0 Å². The number of hydrogen-bond donors (Lipinski definition) is 2. The molecule has 0 aliphatic rings. The van der Waals surface area contributed by atoms with Crippen LogP contribution in [0.1, 0.15) is 5.56 Å². The number of hydrogen-bond acceptors (Lipinski definition) is 2. The molecule has 0 aliphatic heterocycles. The van der Waals surface area contributed by atoms with Gasteiger partial charge in [-0.2, -0.15) is 0 Å². The van der Waals surface area contributed by atoms with Gasteiger partial charge in [0, 0.05) is 5.69 Å². The zero-order valence-electron chi connectivity index (χ0n) is 9.60. The van der Waals surface area contributed by atoms with Gasteiger partial charge in [0.15, 0.2) is 0 Å². The average molecular weight is 330 g/mol. The lowest BCUT2D eigenvalue weighted by molar-refractivity contribution is 0.621. The van der Waals surface area contributed by atoms with E-state index >= 15 is 0 Å². The molecule has 0 radical (unpaired) electrons. The van der Waals surface area contributed by atoms with Crippen molar-refractivity contribution in [3.8, 4) is 0 Å². The molecule has 18 heavy (non-hydrogen) atoms. The van der Waals surface area contributed by atoms with Crippen molar-refractivity contribution in [2.24, 2.45) is 0 Å². The standard InChI is InChI=1S/C13H11BrClFN2/c1-7-5-8(14)10(16)6-12(7)18-13-9(15)3-2-4-11(13)17/h2-6,18H,17H2,1H3. The molecule has 2 nitrogen and oxygen atoms in total. The molecule has 0 saturated carbocycles. The first-order chi connectivity index (χ1) is 8.49. The quantitative estimate of drug-likeness (QED) is 0.771. The molecule has 0 spiro atoms. The van der Waals surface area contributed by atoms with Crippen LogP contribution in [0.2, 0.25) is 5.02 Å². The minimum absolute atomic E-state index is 0.339. The Bertz CT molecular complexity index is 582. The number of nitrogens with two attached hydrogens (primary N) is 1. The predicted octanol–water partition coefficient (Wildman–Crippen LogP) is 4.88. The van der Waals surface area contributed by atoms with E-state index in [9.17, 15) is 4.39 Å². The maximum atomic E-state index is 13.5. The summed E-state index contributed by atoms with van der Waals surface area (Å²) in [6.45, 7) is 1.87. The second-order valence-electron chi connectivity index (χ2n) is 3.91. The molecule has 94 valence electrons. The highest BCUT2D eigenvalue weighted by Crippen LogP contribution is 2.33. The Morgan fingerprint density at radius 2 is 2.06 bits per heavy atom. The molecule has 0 aromatic heterocycles. The Balaban J connectivity index is 2.43. The smallest absolute Gasteiger partial charge is 0.139 e. The third-order valence-electron chi connectivity index (χ3n) is 2.57. The molecule has 5 heteroatoms.